The first-order valence-electron chi connectivity index (χ1n) is 6.98. The van der Waals surface area contributed by atoms with Crippen molar-refractivity contribution in [1.29, 1.82) is 0 Å². The lowest BCUT2D eigenvalue weighted by molar-refractivity contribution is 0.0382. The Balaban J connectivity index is 1.70. The van der Waals surface area contributed by atoms with Crippen LogP contribution >= 0.6 is 0 Å². The number of H-pyrrole nitrogens is 1. The number of rotatable bonds is 3. The van der Waals surface area contributed by atoms with Crippen LogP contribution in [0.5, 0.6) is 0 Å². The van der Waals surface area contributed by atoms with Crippen LogP contribution in [0, 0.1) is 13.8 Å². The van der Waals surface area contributed by atoms with E-state index in [0.29, 0.717) is 0 Å². The smallest absolute Gasteiger partial charge is 0.108 e. The molecule has 3 rings (SSSR count). The summed E-state index contributed by atoms with van der Waals surface area (Å²) in [6.45, 7) is 9.13. The van der Waals surface area contributed by atoms with Gasteiger partial charge in [0, 0.05) is 26.1 Å². The molecule has 0 unspecified atom stereocenters. The zero-order valence-corrected chi connectivity index (χ0v) is 11.7. The third kappa shape index (κ3) is 2.80. The Morgan fingerprint density at radius 2 is 1.95 bits per heavy atom. The highest BCUT2D eigenvalue weighted by Crippen LogP contribution is 2.17. The molecule has 1 aromatic carbocycles. The quantitative estimate of drug-likeness (QED) is 0.917. The average Bonchev–Trinajstić information content (AvgIpc) is 2.80. The molecule has 0 aliphatic carbocycles. The van der Waals surface area contributed by atoms with Crippen molar-refractivity contribution in [3.8, 4) is 0 Å². The summed E-state index contributed by atoms with van der Waals surface area (Å²) in [6, 6.07) is 4.36. The summed E-state index contributed by atoms with van der Waals surface area (Å²) in [5.41, 5.74) is 4.86. The Bertz CT molecular complexity index is 531. The van der Waals surface area contributed by atoms with E-state index in [1.54, 1.807) is 0 Å². The second kappa shape index (κ2) is 5.31. The van der Waals surface area contributed by atoms with Gasteiger partial charge in [-0.25, -0.2) is 4.98 Å². The highest BCUT2D eigenvalue weighted by molar-refractivity contribution is 5.77. The minimum absolute atomic E-state index is 0.860. The fourth-order valence-corrected chi connectivity index (χ4v) is 2.53. The van der Waals surface area contributed by atoms with Gasteiger partial charge in [0.15, 0.2) is 0 Å². The van der Waals surface area contributed by atoms with E-state index in [-0.39, 0.29) is 0 Å². The second-order valence-electron chi connectivity index (χ2n) is 5.34. The molecule has 4 heteroatoms. The highest BCUT2D eigenvalue weighted by atomic mass is 16.5. The number of morpholine rings is 1. The number of aromatic nitrogens is 2. The van der Waals surface area contributed by atoms with E-state index < -0.39 is 0 Å². The number of ether oxygens (including phenoxy) is 1. The monoisotopic (exact) mass is 259 g/mol. The van der Waals surface area contributed by atoms with Crippen molar-refractivity contribution >= 4 is 11.0 Å². The van der Waals surface area contributed by atoms with Gasteiger partial charge in [-0.2, -0.15) is 0 Å². The normalized spacial score (nSPS) is 17.2. The largest absolute Gasteiger partial charge is 0.379 e. The van der Waals surface area contributed by atoms with Gasteiger partial charge in [0.1, 0.15) is 5.82 Å². The predicted octanol–water partition coefficient (Wildman–Crippen LogP) is 2.05. The molecule has 0 radical (unpaired) electrons. The summed E-state index contributed by atoms with van der Waals surface area (Å²) in [5, 5.41) is 0. The van der Waals surface area contributed by atoms with E-state index in [1.165, 1.54) is 11.1 Å². The van der Waals surface area contributed by atoms with Gasteiger partial charge in [-0.05, 0) is 37.1 Å². The molecule has 0 bridgehead atoms. The Kier molecular flexibility index (Phi) is 3.53. The zero-order valence-electron chi connectivity index (χ0n) is 11.7. The van der Waals surface area contributed by atoms with Crippen molar-refractivity contribution in [2.75, 3.05) is 32.8 Å². The third-order valence-corrected chi connectivity index (χ3v) is 3.91. The highest BCUT2D eigenvalue weighted by Gasteiger charge is 2.11. The maximum Gasteiger partial charge on any atom is 0.108 e. The summed E-state index contributed by atoms with van der Waals surface area (Å²) in [5.74, 6) is 1.09. The standard InChI is InChI=1S/C15H21N3O/c1-11-9-13-14(10-12(11)2)17-15(16-13)3-4-18-5-7-19-8-6-18/h9-10H,3-8H2,1-2H3,(H,16,17). The van der Waals surface area contributed by atoms with E-state index in [2.05, 4.69) is 40.8 Å². The topological polar surface area (TPSA) is 41.2 Å². The number of hydrogen-bond donors (Lipinski definition) is 1. The van der Waals surface area contributed by atoms with Crippen LogP contribution in [0.3, 0.4) is 0 Å². The maximum absolute atomic E-state index is 5.36. The molecule has 1 aliphatic rings. The molecule has 1 aromatic heterocycles. The van der Waals surface area contributed by atoms with Gasteiger partial charge in [0.05, 0.1) is 24.2 Å². The average molecular weight is 259 g/mol. The van der Waals surface area contributed by atoms with Crippen LogP contribution in [0.1, 0.15) is 17.0 Å². The van der Waals surface area contributed by atoms with E-state index in [9.17, 15) is 0 Å². The molecule has 0 amide bonds. The summed E-state index contributed by atoms with van der Waals surface area (Å²) in [6.07, 6.45) is 0.979. The number of nitrogens with one attached hydrogen (secondary N) is 1. The molecule has 0 spiro atoms. The molecule has 2 heterocycles. The van der Waals surface area contributed by atoms with Crippen molar-refractivity contribution < 1.29 is 4.74 Å². The van der Waals surface area contributed by atoms with Gasteiger partial charge in [-0.15, -0.1) is 0 Å². The van der Waals surface area contributed by atoms with Crippen molar-refractivity contribution in [1.82, 2.24) is 14.9 Å². The molecular weight excluding hydrogens is 238 g/mol. The van der Waals surface area contributed by atoms with Crippen molar-refractivity contribution in [3.63, 3.8) is 0 Å². The van der Waals surface area contributed by atoms with Crippen molar-refractivity contribution in [2.24, 2.45) is 0 Å². The second-order valence-corrected chi connectivity index (χ2v) is 5.34. The number of fused-ring (bicyclic) bond motifs is 1. The molecule has 102 valence electrons. The molecule has 4 nitrogen and oxygen atoms in total. The molecular formula is C15H21N3O. The van der Waals surface area contributed by atoms with Crippen LogP contribution in [0.4, 0.5) is 0 Å². The maximum atomic E-state index is 5.36. The first kappa shape index (κ1) is 12.6. The van der Waals surface area contributed by atoms with Gasteiger partial charge in [-0.1, -0.05) is 0 Å². The summed E-state index contributed by atoms with van der Waals surface area (Å²) in [7, 11) is 0. The predicted molar refractivity (Wildman–Crippen MR) is 76.5 cm³/mol. The van der Waals surface area contributed by atoms with E-state index >= 15 is 0 Å². The fourth-order valence-electron chi connectivity index (χ4n) is 2.53. The number of aromatic amines is 1. The summed E-state index contributed by atoms with van der Waals surface area (Å²) >= 11 is 0. The molecule has 1 N–H and O–H groups in total. The van der Waals surface area contributed by atoms with Crippen LogP contribution < -0.4 is 0 Å². The molecule has 1 fully saturated rings. The van der Waals surface area contributed by atoms with Gasteiger partial charge >= 0.3 is 0 Å². The fraction of sp³-hybridized carbons (Fsp3) is 0.533. The molecule has 19 heavy (non-hydrogen) atoms. The zero-order chi connectivity index (χ0) is 13.2. The minimum atomic E-state index is 0.860. The lowest BCUT2D eigenvalue weighted by atomic mass is 10.1. The van der Waals surface area contributed by atoms with Crippen LogP contribution in [0.25, 0.3) is 11.0 Å². The Hall–Kier alpha value is -1.39. The van der Waals surface area contributed by atoms with Crippen LogP contribution in [0.2, 0.25) is 0 Å². The van der Waals surface area contributed by atoms with Gasteiger partial charge in [0.2, 0.25) is 0 Å². The van der Waals surface area contributed by atoms with E-state index in [4.69, 9.17) is 4.74 Å². The van der Waals surface area contributed by atoms with Crippen LogP contribution in [-0.4, -0.2) is 47.7 Å². The lowest BCUT2D eigenvalue weighted by Crippen LogP contribution is -2.37. The molecule has 0 saturated carbocycles. The van der Waals surface area contributed by atoms with Crippen molar-refractivity contribution in [2.45, 2.75) is 20.3 Å². The van der Waals surface area contributed by atoms with Crippen molar-refractivity contribution in [3.05, 3.63) is 29.1 Å². The number of nitrogens with zero attached hydrogens (tertiary/aromatic N) is 2. The Labute approximate surface area is 113 Å². The third-order valence-electron chi connectivity index (χ3n) is 3.91. The van der Waals surface area contributed by atoms with Gasteiger partial charge in [-0.3, -0.25) is 4.90 Å². The number of hydrogen-bond acceptors (Lipinski definition) is 3. The first-order chi connectivity index (χ1) is 9.22. The number of imidazole rings is 1. The van der Waals surface area contributed by atoms with E-state index in [1.807, 2.05) is 0 Å². The molecule has 1 aliphatic heterocycles. The molecule has 1 saturated heterocycles. The van der Waals surface area contributed by atoms with E-state index in [0.717, 1.165) is 56.1 Å². The Morgan fingerprint density at radius 1 is 1.21 bits per heavy atom. The summed E-state index contributed by atoms with van der Waals surface area (Å²) < 4.78 is 5.36. The summed E-state index contributed by atoms with van der Waals surface area (Å²) in [4.78, 5) is 10.6. The SMILES string of the molecule is Cc1cc2nc(CCN3CCOCC3)[nH]c2cc1C. The molecule has 2 aromatic rings. The lowest BCUT2D eigenvalue weighted by Gasteiger charge is -2.25. The van der Waals surface area contributed by atoms with Gasteiger partial charge in [0.25, 0.3) is 0 Å². The minimum Gasteiger partial charge on any atom is -0.379 e. The van der Waals surface area contributed by atoms with Crippen LogP contribution in [0.15, 0.2) is 12.1 Å². The van der Waals surface area contributed by atoms with Crippen LogP contribution in [-0.2, 0) is 11.2 Å². The molecule has 0 atom stereocenters. The number of benzene rings is 1. The first-order valence-corrected chi connectivity index (χ1v) is 6.98. The Morgan fingerprint density at radius 3 is 2.74 bits per heavy atom. The number of aryl methyl sites for hydroxylation is 2. The van der Waals surface area contributed by atoms with Gasteiger partial charge < -0.3 is 9.72 Å².